The number of rotatable bonds is 4. The molecule has 1 N–H and O–H groups in total. The summed E-state index contributed by atoms with van der Waals surface area (Å²) in [4.78, 5) is 4.75. The lowest BCUT2D eigenvalue weighted by Crippen LogP contribution is -2.00. The van der Waals surface area contributed by atoms with Crippen LogP contribution in [-0.2, 0) is 0 Å². The average Bonchev–Trinajstić information content (AvgIpc) is 2.53. The highest BCUT2D eigenvalue weighted by atomic mass is 79.9. The van der Waals surface area contributed by atoms with Crippen LogP contribution in [0.25, 0.3) is 22.2 Å². The molecule has 0 radical (unpaired) electrons. The van der Waals surface area contributed by atoms with Gasteiger partial charge in [-0.05, 0) is 12.1 Å². The lowest BCUT2D eigenvalue weighted by molar-refractivity contribution is 1.33. The van der Waals surface area contributed by atoms with Gasteiger partial charge >= 0.3 is 0 Å². The van der Waals surface area contributed by atoms with Crippen LogP contribution >= 0.6 is 34.0 Å². The summed E-state index contributed by atoms with van der Waals surface area (Å²) in [6.45, 7) is 4.50. The predicted molar refractivity (Wildman–Crippen MR) is 107 cm³/mol. The Balaban J connectivity index is 0.00000121. The van der Waals surface area contributed by atoms with Crippen molar-refractivity contribution < 1.29 is 0 Å². The molecule has 0 saturated carbocycles. The maximum absolute atomic E-state index is 4.75. The number of hydrogen-bond acceptors (Lipinski definition) is 2. The van der Waals surface area contributed by atoms with Crippen LogP contribution in [0.2, 0.25) is 0 Å². The third kappa shape index (κ3) is 3.96. The molecule has 22 heavy (non-hydrogen) atoms. The summed E-state index contributed by atoms with van der Waals surface area (Å²) in [6, 6.07) is 20.5. The quantitative estimate of drug-likeness (QED) is 0.550. The van der Waals surface area contributed by atoms with Crippen LogP contribution in [0, 0.1) is 0 Å². The Morgan fingerprint density at radius 1 is 0.955 bits per heavy atom. The highest BCUT2D eigenvalue weighted by Gasteiger charge is 2.06. The molecular formula is C18H18Br2N2. The van der Waals surface area contributed by atoms with E-state index in [0.717, 1.165) is 34.4 Å². The maximum Gasteiger partial charge on any atom is 0.0730 e. The molecule has 2 aromatic carbocycles. The van der Waals surface area contributed by atoms with Gasteiger partial charge in [-0.1, -0.05) is 54.6 Å². The molecule has 0 fully saturated rings. The lowest BCUT2D eigenvalue weighted by atomic mass is 10.1. The summed E-state index contributed by atoms with van der Waals surface area (Å²) in [5.41, 5.74) is 4.20. The van der Waals surface area contributed by atoms with Crippen molar-refractivity contribution in [3.8, 4) is 11.3 Å². The van der Waals surface area contributed by atoms with Gasteiger partial charge in [0.25, 0.3) is 0 Å². The number of aromatic nitrogens is 1. The van der Waals surface area contributed by atoms with Crippen molar-refractivity contribution >= 4 is 50.6 Å². The minimum Gasteiger partial charge on any atom is -0.381 e. The van der Waals surface area contributed by atoms with E-state index in [2.05, 4.69) is 36.2 Å². The van der Waals surface area contributed by atoms with Crippen LogP contribution in [0.1, 0.15) is 0 Å². The summed E-state index contributed by atoms with van der Waals surface area (Å²) in [6.07, 6.45) is 1.86. The first-order valence-corrected chi connectivity index (χ1v) is 6.68. The second-order valence-electron chi connectivity index (χ2n) is 4.61. The average molecular weight is 422 g/mol. The SMILES string of the molecule is Br.Br.C=CCNc1cc(-c2ccccc2)nc2ccccc12. The molecule has 0 saturated heterocycles. The fraction of sp³-hybridized carbons (Fsp3) is 0.0556. The maximum atomic E-state index is 4.75. The molecule has 4 heteroatoms. The van der Waals surface area contributed by atoms with Crippen molar-refractivity contribution in [2.45, 2.75) is 0 Å². The van der Waals surface area contributed by atoms with Gasteiger partial charge in [-0.3, -0.25) is 0 Å². The third-order valence-electron chi connectivity index (χ3n) is 3.22. The first-order valence-electron chi connectivity index (χ1n) is 6.68. The van der Waals surface area contributed by atoms with Crippen molar-refractivity contribution in [3.63, 3.8) is 0 Å². The van der Waals surface area contributed by atoms with Crippen molar-refractivity contribution in [3.05, 3.63) is 73.3 Å². The van der Waals surface area contributed by atoms with Crippen LogP contribution < -0.4 is 5.32 Å². The highest BCUT2D eigenvalue weighted by molar-refractivity contribution is 8.93. The molecule has 114 valence electrons. The molecule has 1 aromatic heterocycles. The van der Waals surface area contributed by atoms with Crippen LogP contribution in [0.4, 0.5) is 5.69 Å². The van der Waals surface area contributed by atoms with Gasteiger partial charge in [0, 0.05) is 23.2 Å². The van der Waals surface area contributed by atoms with Gasteiger partial charge in [0.2, 0.25) is 0 Å². The molecule has 0 aliphatic carbocycles. The molecule has 0 bridgehead atoms. The standard InChI is InChI=1S/C18H16N2.2BrH/c1-2-12-19-18-13-17(14-8-4-3-5-9-14)20-16-11-7-6-10-15(16)18;;/h2-11,13H,1,12H2,(H,19,20);2*1H. The molecular weight excluding hydrogens is 404 g/mol. The second-order valence-corrected chi connectivity index (χ2v) is 4.61. The van der Waals surface area contributed by atoms with Gasteiger partial charge in [-0.15, -0.1) is 40.5 Å². The molecule has 0 unspecified atom stereocenters. The van der Waals surface area contributed by atoms with E-state index in [-0.39, 0.29) is 34.0 Å². The van der Waals surface area contributed by atoms with Crippen molar-refractivity contribution in [1.82, 2.24) is 4.98 Å². The van der Waals surface area contributed by atoms with Crippen molar-refractivity contribution in [2.24, 2.45) is 0 Å². The fourth-order valence-corrected chi connectivity index (χ4v) is 2.26. The smallest absolute Gasteiger partial charge is 0.0730 e. The van der Waals surface area contributed by atoms with Crippen LogP contribution in [0.15, 0.2) is 73.3 Å². The van der Waals surface area contributed by atoms with Gasteiger partial charge in [-0.25, -0.2) is 4.98 Å². The van der Waals surface area contributed by atoms with E-state index in [1.54, 1.807) is 0 Å². The second kappa shape index (κ2) is 8.71. The fourth-order valence-electron chi connectivity index (χ4n) is 2.26. The first-order chi connectivity index (χ1) is 9.88. The van der Waals surface area contributed by atoms with Gasteiger partial charge in [-0.2, -0.15) is 0 Å². The zero-order valence-electron chi connectivity index (χ0n) is 12.0. The van der Waals surface area contributed by atoms with E-state index in [4.69, 9.17) is 4.98 Å². The summed E-state index contributed by atoms with van der Waals surface area (Å²) >= 11 is 0. The Labute approximate surface area is 151 Å². The van der Waals surface area contributed by atoms with E-state index in [1.165, 1.54) is 0 Å². The number of fused-ring (bicyclic) bond motifs is 1. The van der Waals surface area contributed by atoms with Crippen LogP contribution in [0.3, 0.4) is 0 Å². The number of benzene rings is 2. The minimum absolute atomic E-state index is 0. The predicted octanol–water partition coefficient (Wildman–Crippen LogP) is 5.66. The van der Waals surface area contributed by atoms with E-state index in [9.17, 15) is 0 Å². The number of hydrogen-bond donors (Lipinski definition) is 1. The normalized spacial score (nSPS) is 9.45. The minimum atomic E-state index is 0. The number of pyridine rings is 1. The monoisotopic (exact) mass is 420 g/mol. The number of para-hydroxylation sites is 1. The number of halogens is 2. The molecule has 3 rings (SSSR count). The summed E-state index contributed by atoms with van der Waals surface area (Å²) in [5.74, 6) is 0. The van der Waals surface area contributed by atoms with E-state index in [1.807, 2.05) is 42.5 Å². The summed E-state index contributed by atoms with van der Waals surface area (Å²) < 4.78 is 0. The highest BCUT2D eigenvalue weighted by Crippen LogP contribution is 2.27. The molecule has 0 atom stereocenters. The zero-order chi connectivity index (χ0) is 13.8. The molecule has 0 spiro atoms. The van der Waals surface area contributed by atoms with Crippen LogP contribution in [-0.4, -0.2) is 11.5 Å². The number of anilines is 1. The Morgan fingerprint density at radius 2 is 1.64 bits per heavy atom. The van der Waals surface area contributed by atoms with Gasteiger partial charge in [0.1, 0.15) is 0 Å². The Kier molecular flexibility index (Phi) is 7.28. The van der Waals surface area contributed by atoms with E-state index >= 15 is 0 Å². The molecule has 0 amide bonds. The lowest BCUT2D eigenvalue weighted by Gasteiger charge is -2.11. The number of nitrogens with zero attached hydrogens (tertiary/aromatic N) is 1. The largest absolute Gasteiger partial charge is 0.381 e. The van der Waals surface area contributed by atoms with E-state index in [0.29, 0.717) is 0 Å². The third-order valence-corrected chi connectivity index (χ3v) is 3.22. The Morgan fingerprint density at radius 3 is 2.36 bits per heavy atom. The summed E-state index contributed by atoms with van der Waals surface area (Å²) in [5, 5.41) is 4.52. The van der Waals surface area contributed by atoms with Gasteiger partial charge < -0.3 is 5.32 Å². The zero-order valence-corrected chi connectivity index (χ0v) is 15.5. The van der Waals surface area contributed by atoms with Crippen molar-refractivity contribution in [2.75, 3.05) is 11.9 Å². The molecule has 0 aliphatic heterocycles. The van der Waals surface area contributed by atoms with Gasteiger partial charge in [0.15, 0.2) is 0 Å². The molecule has 1 heterocycles. The Bertz CT molecular complexity index is 742. The molecule has 0 aliphatic rings. The topological polar surface area (TPSA) is 24.9 Å². The number of nitrogens with one attached hydrogen (secondary N) is 1. The Hall–Kier alpha value is -1.65. The van der Waals surface area contributed by atoms with Crippen molar-refractivity contribution in [1.29, 1.82) is 0 Å². The van der Waals surface area contributed by atoms with E-state index < -0.39 is 0 Å². The first kappa shape index (κ1) is 18.4. The summed E-state index contributed by atoms with van der Waals surface area (Å²) in [7, 11) is 0. The van der Waals surface area contributed by atoms with Gasteiger partial charge in [0.05, 0.1) is 11.2 Å². The molecule has 2 nitrogen and oxygen atoms in total. The van der Waals surface area contributed by atoms with Crippen LogP contribution in [0.5, 0.6) is 0 Å². The molecule has 3 aromatic rings.